The van der Waals surface area contributed by atoms with Gasteiger partial charge in [-0.2, -0.15) is 10.2 Å². The van der Waals surface area contributed by atoms with Crippen molar-refractivity contribution in [3.8, 4) is 23.4 Å². The fourth-order valence-corrected chi connectivity index (χ4v) is 4.52. The molecule has 0 bridgehead atoms. The number of carbonyl (C=O) groups is 1. The van der Waals surface area contributed by atoms with Gasteiger partial charge in [-0.1, -0.05) is 12.1 Å². The molecule has 5 rings (SSSR count). The Morgan fingerprint density at radius 3 is 2.72 bits per heavy atom. The molecule has 0 radical (unpaired) electrons. The fourth-order valence-electron chi connectivity index (χ4n) is 4.52. The lowest BCUT2D eigenvalue weighted by Crippen LogP contribution is -2.44. The molecular formula is C27H28N6O3. The lowest BCUT2D eigenvalue weighted by molar-refractivity contribution is 0.0992. The van der Waals surface area contributed by atoms with Gasteiger partial charge in [-0.15, -0.1) is 0 Å². The third kappa shape index (κ3) is 4.81. The molecular weight excluding hydrogens is 456 g/mol. The molecule has 0 amide bonds. The third-order valence-corrected chi connectivity index (χ3v) is 6.47. The van der Waals surface area contributed by atoms with Crippen LogP contribution in [-0.2, 0) is 6.42 Å². The van der Waals surface area contributed by atoms with Crippen LogP contribution in [0.5, 0.6) is 17.4 Å². The number of carbonyl (C=O) groups excluding carboxylic acids is 1. The van der Waals surface area contributed by atoms with Crippen LogP contribution in [0, 0.1) is 11.3 Å². The number of nitrogens with zero attached hydrogens (tertiary/aromatic N) is 5. The number of rotatable bonds is 7. The number of benzene rings is 2. The Hall–Kier alpha value is -4.16. The number of anilines is 3. The largest absolute Gasteiger partial charge is 0.492 e. The zero-order valence-electron chi connectivity index (χ0n) is 20.5. The van der Waals surface area contributed by atoms with Crippen LogP contribution in [0.3, 0.4) is 0 Å². The van der Waals surface area contributed by atoms with E-state index in [1.165, 1.54) is 6.20 Å². The van der Waals surface area contributed by atoms with Crippen LogP contribution in [-0.4, -0.2) is 60.5 Å². The smallest absolute Gasteiger partial charge is 0.242 e. The maximum absolute atomic E-state index is 12.4. The van der Waals surface area contributed by atoms with Gasteiger partial charge in [0.05, 0.1) is 24.1 Å². The molecule has 3 aromatic rings. The summed E-state index contributed by atoms with van der Waals surface area (Å²) in [5.41, 5.74) is 3.50. The normalized spacial score (nSPS) is 15.4. The van der Waals surface area contributed by atoms with Gasteiger partial charge in [0.1, 0.15) is 23.1 Å². The van der Waals surface area contributed by atoms with Gasteiger partial charge in [-0.25, -0.2) is 4.98 Å². The number of Topliss-reactive ketones (excluding diaryl/α,β-unsaturated/α-hetero) is 1. The Kier molecular flexibility index (Phi) is 6.69. The number of hydrogen-bond acceptors (Lipinski definition) is 9. The van der Waals surface area contributed by atoms with E-state index in [1.54, 1.807) is 6.07 Å². The average molecular weight is 485 g/mol. The van der Waals surface area contributed by atoms with Crippen LogP contribution >= 0.6 is 0 Å². The number of likely N-dealkylation sites (N-methyl/N-ethyl adjacent to an activating group) is 1. The lowest BCUT2D eigenvalue weighted by atomic mass is 10.1. The average Bonchev–Trinajstić information content (AvgIpc) is 3.27. The number of aryl methyl sites for hydroxylation is 1. The van der Waals surface area contributed by atoms with Crippen LogP contribution in [0.4, 0.5) is 17.3 Å². The van der Waals surface area contributed by atoms with Gasteiger partial charge in [0, 0.05) is 44.4 Å². The van der Waals surface area contributed by atoms with Crippen molar-refractivity contribution < 1.29 is 14.3 Å². The molecule has 36 heavy (non-hydrogen) atoms. The summed E-state index contributed by atoms with van der Waals surface area (Å²) in [6.07, 6.45) is 2.56. The summed E-state index contributed by atoms with van der Waals surface area (Å²) < 4.78 is 11.9. The summed E-state index contributed by atoms with van der Waals surface area (Å²) in [6.45, 7) is 6.40. The molecule has 9 nitrogen and oxygen atoms in total. The lowest BCUT2D eigenvalue weighted by Gasteiger charge is -2.34. The van der Waals surface area contributed by atoms with Gasteiger partial charge in [0.15, 0.2) is 5.78 Å². The minimum Gasteiger partial charge on any atom is -0.492 e. The standard InChI is InChI=1S/C27H28N6O3/c1-3-35-24-15-20(33-13-11-32(2)12-14-33)8-9-21(24)30-27-29-17-19(16-28)26(31-27)36-23-6-4-5-18-7-10-22(34)25(18)23/h4-6,8-9,15,17H,3,7,10-14H2,1-2H3,(H,29,30,31). The maximum atomic E-state index is 12.4. The van der Waals surface area contributed by atoms with Crippen molar-refractivity contribution in [1.29, 1.82) is 5.26 Å². The Morgan fingerprint density at radius 1 is 1.11 bits per heavy atom. The van der Waals surface area contributed by atoms with E-state index in [2.05, 4.69) is 44.3 Å². The van der Waals surface area contributed by atoms with E-state index >= 15 is 0 Å². The van der Waals surface area contributed by atoms with E-state index in [-0.39, 0.29) is 23.2 Å². The van der Waals surface area contributed by atoms with Crippen molar-refractivity contribution in [3.05, 3.63) is 59.3 Å². The van der Waals surface area contributed by atoms with Gasteiger partial charge in [-0.05, 0) is 44.2 Å². The zero-order valence-corrected chi connectivity index (χ0v) is 20.5. The van der Waals surface area contributed by atoms with E-state index < -0.39 is 0 Å². The predicted molar refractivity (Wildman–Crippen MR) is 137 cm³/mol. The molecule has 1 fully saturated rings. The highest BCUT2D eigenvalue weighted by Crippen LogP contribution is 2.35. The van der Waals surface area contributed by atoms with Crippen molar-refractivity contribution in [3.63, 3.8) is 0 Å². The first-order valence-electron chi connectivity index (χ1n) is 12.1. The zero-order chi connectivity index (χ0) is 25.1. The van der Waals surface area contributed by atoms with E-state index in [0.29, 0.717) is 42.2 Å². The molecule has 1 aliphatic heterocycles. The third-order valence-electron chi connectivity index (χ3n) is 6.47. The highest BCUT2D eigenvalue weighted by molar-refractivity contribution is 6.03. The first-order valence-corrected chi connectivity index (χ1v) is 12.1. The number of ketones is 1. The summed E-state index contributed by atoms with van der Waals surface area (Å²) in [5.74, 6) is 1.48. The Balaban J connectivity index is 1.41. The Morgan fingerprint density at radius 2 is 1.94 bits per heavy atom. The molecule has 0 atom stereocenters. The first-order chi connectivity index (χ1) is 17.6. The number of nitriles is 1. The number of aromatic nitrogens is 2. The fraction of sp³-hybridized carbons (Fsp3) is 0.333. The number of nitrogens with one attached hydrogen (secondary N) is 1. The molecule has 0 unspecified atom stereocenters. The molecule has 2 heterocycles. The van der Waals surface area contributed by atoms with Gasteiger partial charge in [0.2, 0.25) is 11.8 Å². The maximum Gasteiger partial charge on any atom is 0.242 e. The van der Waals surface area contributed by atoms with E-state index in [0.717, 1.165) is 37.4 Å². The van der Waals surface area contributed by atoms with Crippen LogP contribution in [0.25, 0.3) is 0 Å². The van der Waals surface area contributed by atoms with Crippen molar-refractivity contribution in [2.24, 2.45) is 0 Å². The summed E-state index contributed by atoms with van der Waals surface area (Å²) in [6, 6.07) is 13.6. The van der Waals surface area contributed by atoms with Gasteiger partial charge >= 0.3 is 0 Å². The Labute approximate surface area is 210 Å². The van der Waals surface area contributed by atoms with Crippen molar-refractivity contribution in [1.82, 2.24) is 14.9 Å². The quantitative estimate of drug-likeness (QED) is 0.529. The first kappa shape index (κ1) is 23.6. The molecule has 9 heteroatoms. The second-order valence-electron chi connectivity index (χ2n) is 8.87. The van der Waals surface area contributed by atoms with Crippen LogP contribution in [0.15, 0.2) is 42.6 Å². The second kappa shape index (κ2) is 10.2. The molecule has 2 aromatic carbocycles. The number of ether oxygens (including phenoxy) is 2. The van der Waals surface area contributed by atoms with Gasteiger partial charge in [0.25, 0.3) is 0 Å². The highest BCUT2D eigenvalue weighted by atomic mass is 16.5. The summed E-state index contributed by atoms with van der Waals surface area (Å²) >= 11 is 0. The summed E-state index contributed by atoms with van der Waals surface area (Å²) in [7, 11) is 2.13. The Bertz CT molecular complexity index is 1330. The number of piperazine rings is 1. The number of fused-ring (bicyclic) bond motifs is 1. The minimum atomic E-state index is 0.0355. The molecule has 1 saturated heterocycles. The molecule has 184 valence electrons. The van der Waals surface area contributed by atoms with Crippen LogP contribution in [0.1, 0.15) is 34.8 Å². The molecule has 1 aromatic heterocycles. The predicted octanol–water partition coefficient (Wildman–Crippen LogP) is 4.16. The molecule has 2 aliphatic rings. The topological polar surface area (TPSA) is 104 Å². The molecule has 0 spiro atoms. The number of hydrogen-bond donors (Lipinski definition) is 1. The van der Waals surface area contributed by atoms with Crippen molar-refractivity contribution >= 4 is 23.1 Å². The minimum absolute atomic E-state index is 0.0355. The van der Waals surface area contributed by atoms with Gasteiger partial charge < -0.3 is 24.6 Å². The van der Waals surface area contributed by atoms with Crippen molar-refractivity contribution in [2.75, 3.05) is 50.1 Å². The summed E-state index contributed by atoms with van der Waals surface area (Å²) in [4.78, 5) is 25.8. The monoisotopic (exact) mass is 484 g/mol. The SMILES string of the molecule is CCOc1cc(N2CCN(C)CC2)ccc1Nc1ncc(C#N)c(Oc2cccc3c2C(=O)CC3)n1. The van der Waals surface area contributed by atoms with E-state index in [4.69, 9.17) is 9.47 Å². The van der Waals surface area contributed by atoms with E-state index in [1.807, 2.05) is 31.2 Å². The van der Waals surface area contributed by atoms with Crippen molar-refractivity contribution in [2.45, 2.75) is 19.8 Å². The van der Waals surface area contributed by atoms with Crippen LogP contribution in [0.2, 0.25) is 0 Å². The highest BCUT2D eigenvalue weighted by Gasteiger charge is 2.25. The molecule has 0 saturated carbocycles. The summed E-state index contributed by atoms with van der Waals surface area (Å²) in [5, 5.41) is 12.8. The van der Waals surface area contributed by atoms with Gasteiger partial charge in [-0.3, -0.25) is 4.79 Å². The molecule has 1 aliphatic carbocycles. The second-order valence-corrected chi connectivity index (χ2v) is 8.87. The van der Waals surface area contributed by atoms with E-state index in [9.17, 15) is 10.1 Å². The van der Waals surface area contributed by atoms with Crippen LogP contribution < -0.4 is 19.7 Å². The molecule has 1 N–H and O–H groups in total.